The Morgan fingerprint density at radius 2 is 2.42 bits per heavy atom. The molecule has 0 spiro atoms. The third-order valence-corrected chi connectivity index (χ3v) is 1.97. The molecule has 69 valence electrons. The smallest absolute Gasteiger partial charge is 0.223 e. The lowest BCUT2D eigenvalue weighted by molar-refractivity contribution is -0.129. The van der Waals surface area contributed by atoms with E-state index in [2.05, 4.69) is 10.6 Å². The zero-order valence-corrected chi connectivity index (χ0v) is 7.71. The second-order valence-corrected chi connectivity index (χ2v) is 3.27. The molecule has 1 N–H and O–H groups in total. The summed E-state index contributed by atoms with van der Waals surface area (Å²) >= 11 is 0. The first kappa shape index (κ1) is 9.48. The Bertz CT molecular complexity index is 152. The highest BCUT2D eigenvalue weighted by Gasteiger charge is 2.17. The Labute approximate surface area is 73.3 Å². The van der Waals surface area contributed by atoms with Gasteiger partial charge >= 0.3 is 0 Å². The van der Waals surface area contributed by atoms with Crippen LogP contribution in [0.3, 0.4) is 0 Å². The number of carbonyl (C=O) groups is 1. The molecule has 0 aromatic carbocycles. The van der Waals surface area contributed by atoms with Gasteiger partial charge in [-0.05, 0) is 0 Å². The summed E-state index contributed by atoms with van der Waals surface area (Å²) < 4.78 is 0. The van der Waals surface area contributed by atoms with Crippen molar-refractivity contribution >= 4 is 5.91 Å². The molecule has 0 aliphatic carbocycles. The van der Waals surface area contributed by atoms with Gasteiger partial charge in [-0.1, -0.05) is 0 Å². The summed E-state index contributed by atoms with van der Waals surface area (Å²) in [6.45, 7) is 2.57. The summed E-state index contributed by atoms with van der Waals surface area (Å²) in [4.78, 5) is 12.9. The SMILES string of the molecule is CN(C)C(=O)CC1C[N]CCN1. The number of amides is 1. The monoisotopic (exact) mass is 170 g/mol. The van der Waals surface area contributed by atoms with Gasteiger partial charge in [0.15, 0.2) is 0 Å². The molecule has 12 heavy (non-hydrogen) atoms. The third-order valence-electron chi connectivity index (χ3n) is 1.97. The molecule has 1 fully saturated rings. The van der Waals surface area contributed by atoms with Crippen LogP contribution in [0.2, 0.25) is 0 Å². The van der Waals surface area contributed by atoms with Crippen LogP contribution in [-0.2, 0) is 4.79 Å². The molecule has 1 saturated heterocycles. The first-order valence-corrected chi connectivity index (χ1v) is 4.27. The number of nitrogens with one attached hydrogen (secondary N) is 1. The summed E-state index contributed by atoms with van der Waals surface area (Å²) in [5, 5.41) is 7.50. The van der Waals surface area contributed by atoms with Crippen LogP contribution in [0.1, 0.15) is 6.42 Å². The van der Waals surface area contributed by atoms with Crippen LogP contribution >= 0.6 is 0 Å². The number of piperazine rings is 1. The van der Waals surface area contributed by atoms with Crippen molar-refractivity contribution in [2.45, 2.75) is 12.5 Å². The molecule has 1 rings (SSSR count). The standard InChI is InChI=1S/C8H16N3O/c1-11(2)8(12)5-7-6-9-3-4-10-7/h7,10H,3-6H2,1-2H3. The van der Waals surface area contributed by atoms with Crippen molar-refractivity contribution in [1.82, 2.24) is 15.5 Å². The Kier molecular flexibility index (Phi) is 3.49. The highest BCUT2D eigenvalue weighted by Crippen LogP contribution is 1.97. The second-order valence-electron chi connectivity index (χ2n) is 3.27. The second kappa shape index (κ2) is 4.42. The molecule has 1 aliphatic heterocycles. The summed E-state index contributed by atoms with van der Waals surface area (Å²) in [6, 6.07) is 0.258. The van der Waals surface area contributed by atoms with Crippen LogP contribution in [0.25, 0.3) is 0 Å². The third kappa shape index (κ3) is 2.79. The van der Waals surface area contributed by atoms with Gasteiger partial charge < -0.3 is 10.2 Å². The maximum Gasteiger partial charge on any atom is 0.223 e. The van der Waals surface area contributed by atoms with Crippen molar-refractivity contribution in [2.75, 3.05) is 33.7 Å². The number of nitrogens with zero attached hydrogens (tertiary/aromatic N) is 2. The lowest BCUT2D eigenvalue weighted by Gasteiger charge is -2.23. The fourth-order valence-electron chi connectivity index (χ4n) is 1.19. The Morgan fingerprint density at radius 3 is 2.92 bits per heavy atom. The highest BCUT2D eigenvalue weighted by molar-refractivity contribution is 5.76. The molecule has 1 atom stereocenters. The van der Waals surface area contributed by atoms with Crippen molar-refractivity contribution in [3.63, 3.8) is 0 Å². The zero-order valence-electron chi connectivity index (χ0n) is 7.71. The van der Waals surface area contributed by atoms with Crippen molar-refractivity contribution in [3.05, 3.63) is 0 Å². The minimum atomic E-state index is 0.171. The fourth-order valence-corrected chi connectivity index (χ4v) is 1.19. The van der Waals surface area contributed by atoms with Crippen molar-refractivity contribution in [3.8, 4) is 0 Å². The molecule has 1 aliphatic rings. The molecule has 0 aromatic rings. The van der Waals surface area contributed by atoms with Gasteiger partial charge in [0.05, 0.1) is 0 Å². The maximum atomic E-state index is 11.3. The molecular weight excluding hydrogens is 154 g/mol. The van der Waals surface area contributed by atoms with E-state index in [-0.39, 0.29) is 11.9 Å². The number of rotatable bonds is 2. The molecule has 4 nitrogen and oxygen atoms in total. The van der Waals surface area contributed by atoms with Crippen molar-refractivity contribution in [2.24, 2.45) is 0 Å². The van der Waals surface area contributed by atoms with Crippen LogP contribution in [0, 0.1) is 0 Å². The van der Waals surface area contributed by atoms with Crippen LogP contribution in [0.5, 0.6) is 0 Å². The normalized spacial score (nSPS) is 23.7. The molecular formula is C8H16N3O. The number of carbonyl (C=O) groups excluding carboxylic acids is 1. The first-order valence-electron chi connectivity index (χ1n) is 4.27. The van der Waals surface area contributed by atoms with E-state index in [1.807, 2.05) is 0 Å². The Morgan fingerprint density at radius 1 is 1.67 bits per heavy atom. The molecule has 0 saturated carbocycles. The van der Waals surface area contributed by atoms with E-state index in [0.29, 0.717) is 6.42 Å². The first-order chi connectivity index (χ1) is 5.70. The Balaban J connectivity index is 2.24. The minimum Gasteiger partial charge on any atom is -0.349 e. The van der Waals surface area contributed by atoms with E-state index in [4.69, 9.17) is 0 Å². The number of hydrogen-bond acceptors (Lipinski definition) is 2. The molecule has 1 amide bonds. The average molecular weight is 170 g/mol. The van der Waals surface area contributed by atoms with E-state index >= 15 is 0 Å². The zero-order chi connectivity index (χ0) is 8.97. The maximum absolute atomic E-state index is 11.3. The van der Waals surface area contributed by atoms with Gasteiger partial charge in [-0.2, -0.15) is 0 Å². The average Bonchev–Trinajstić information content (AvgIpc) is 2.06. The summed E-state index contributed by atoms with van der Waals surface area (Å²) in [6.07, 6.45) is 0.566. The van der Waals surface area contributed by atoms with Gasteiger partial charge in [-0.25, -0.2) is 5.32 Å². The van der Waals surface area contributed by atoms with Crippen LogP contribution in [0.15, 0.2) is 0 Å². The molecule has 1 radical (unpaired) electrons. The molecule has 4 heteroatoms. The van der Waals surface area contributed by atoms with Gasteiger partial charge in [0, 0.05) is 46.2 Å². The predicted molar refractivity (Wildman–Crippen MR) is 47.0 cm³/mol. The largest absolute Gasteiger partial charge is 0.349 e. The lowest BCUT2D eigenvalue weighted by Crippen LogP contribution is -2.47. The minimum absolute atomic E-state index is 0.171. The Hall–Kier alpha value is -0.610. The van der Waals surface area contributed by atoms with Crippen LogP contribution in [0.4, 0.5) is 0 Å². The van der Waals surface area contributed by atoms with E-state index < -0.39 is 0 Å². The van der Waals surface area contributed by atoms with Gasteiger partial charge in [0.1, 0.15) is 0 Å². The van der Waals surface area contributed by atoms with Crippen molar-refractivity contribution < 1.29 is 4.79 Å². The quantitative estimate of drug-likeness (QED) is 0.580. The summed E-state index contributed by atoms with van der Waals surface area (Å²) in [5.74, 6) is 0.171. The highest BCUT2D eigenvalue weighted by atomic mass is 16.2. The van der Waals surface area contributed by atoms with Crippen LogP contribution in [-0.4, -0.2) is 50.6 Å². The van der Waals surface area contributed by atoms with Crippen molar-refractivity contribution in [1.29, 1.82) is 0 Å². The van der Waals surface area contributed by atoms with E-state index in [1.54, 1.807) is 19.0 Å². The number of hydrogen-bond donors (Lipinski definition) is 1. The van der Waals surface area contributed by atoms with Crippen LogP contribution < -0.4 is 10.6 Å². The molecule has 1 heterocycles. The molecule has 1 unspecified atom stereocenters. The van der Waals surface area contributed by atoms with E-state index in [1.165, 1.54) is 0 Å². The van der Waals surface area contributed by atoms with Gasteiger partial charge in [-0.3, -0.25) is 4.79 Å². The van der Waals surface area contributed by atoms with E-state index in [9.17, 15) is 4.79 Å². The molecule has 0 aromatic heterocycles. The van der Waals surface area contributed by atoms with E-state index in [0.717, 1.165) is 19.6 Å². The van der Waals surface area contributed by atoms with Gasteiger partial charge in [0.25, 0.3) is 0 Å². The topological polar surface area (TPSA) is 46.4 Å². The summed E-state index contributed by atoms with van der Waals surface area (Å²) in [5.41, 5.74) is 0. The van der Waals surface area contributed by atoms with Gasteiger partial charge in [0.2, 0.25) is 5.91 Å². The summed E-state index contributed by atoms with van der Waals surface area (Å²) in [7, 11) is 3.56. The van der Waals surface area contributed by atoms with Gasteiger partial charge in [-0.15, -0.1) is 0 Å². The fraction of sp³-hybridized carbons (Fsp3) is 0.875. The lowest BCUT2D eigenvalue weighted by atomic mass is 10.1. The predicted octanol–water partition coefficient (Wildman–Crippen LogP) is -0.959. The molecule has 0 bridgehead atoms.